The molecule has 0 fully saturated rings. The van der Waals surface area contributed by atoms with Gasteiger partial charge in [-0.05, 0) is 12.1 Å². The Balaban J connectivity index is 3.41. The number of hydrogen-bond acceptors (Lipinski definition) is 4. The van der Waals surface area contributed by atoms with Gasteiger partial charge in [-0.15, -0.1) is 0 Å². The Morgan fingerprint density at radius 2 is 1.88 bits per heavy atom. The van der Waals surface area contributed by atoms with Gasteiger partial charge in [0.1, 0.15) is 0 Å². The topological polar surface area (TPSA) is 51.6 Å². The van der Waals surface area contributed by atoms with E-state index in [0.29, 0.717) is 11.6 Å². The van der Waals surface area contributed by atoms with Crippen molar-refractivity contribution in [3.63, 3.8) is 0 Å². The predicted octanol–water partition coefficient (Wildman–Crippen LogP) is 2.75. The lowest BCUT2D eigenvalue weighted by molar-refractivity contribution is 0.413. The van der Waals surface area contributed by atoms with Crippen molar-refractivity contribution in [3.05, 3.63) is 17.8 Å². The first-order chi connectivity index (χ1) is 7.63. The summed E-state index contributed by atoms with van der Waals surface area (Å²) in [5, 5.41) is 0. The van der Waals surface area contributed by atoms with Crippen LogP contribution in [0.2, 0.25) is 0 Å². The summed E-state index contributed by atoms with van der Waals surface area (Å²) in [6.45, 7) is 6.21. The van der Waals surface area contributed by atoms with Crippen LogP contribution in [0.4, 0.5) is 5.82 Å². The Bertz CT molecular complexity index is 516. The summed E-state index contributed by atoms with van der Waals surface area (Å²) in [4.78, 5) is 4.43. The van der Waals surface area contributed by atoms with Crippen LogP contribution >= 0.6 is 0 Å². The molecule has 0 saturated heterocycles. The van der Waals surface area contributed by atoms with Gasteiger partial charge in [-0.25, -0.2) is 9.19 Å². The molecule has 0 atom stereocenters. The fourth-order valence-electron chi connectivity index (χ4n) is 1.29. The van der Waals surface area contributed by atoms with E-state index in [-0.39, 0.29) is 5.41 Å². The second kappa shape index (κ2) is 4.64. The third-order valence-corrected chi connectivity index (χ3v) is 2.75. The molecule has 1 rings (SSSR count). The average Bonchev–Trinajstić information content (AvgIpc) is 2.13. The molecule has 0 radical (unpaired) electrons. The molecule has 0 N–H and O–H groups in total. The third kappa shape index (κ3) is 4.00. The van der Waals surface area contributed by atoms with E-state index in [9.17, 15) is 4.21 Å². The smallest absolute Gasteiger partial charge is 0.204 e. The van der Waals surface area contributed by atoms with Crippen LogP contribution < -0.4 is 4.74 Å². The van der Waals surface area contributed by atoms with Gasteiger partial charge in [-0.3, -0.25) is 0 Å². The summed E-state index contributed by atoms with van der Waals surface area (Å²) < 4.78 is 21.0. The zero-order chi connectivity index (χ0) is 13.3. The zero-order valence-corrected chi connectivity index (χ0v) is 12.1. The minimum absolute atomic E-state index is 0.0705. The van der Waals surface area contributed by atoms with Crippen LogP contribution in [-0.2, 0) is 15.1 Å². The Labute approximate surface area is 104 Å². The molecule has 5 heteroatoms. The maximum absolute atomic E-state index is 11.7. The van der Waals surface area contributed by atoms with Gasteiger partial charge < -0.3 is 4.74 Å². The van der Waals surface area contributed by atoms with Crippen molar-refractivity contribution in [2.45, 2.75) is 26.2 Å². The van der Waals surface area contributed by atoms with E-state index >= 15 is 0 Å². The number of pyridine rings is 1. The predicted molar refractivity (Wildman–Crippen MR) is 71.6 cm³/mol. The van der Waals surface area contributed by atoms with E-state index in [1.54, 1.807) is 19.6 Å². The van der Waals surface area contributed by atoms with Gasteiger partial charge in [0.25, 0.3) is 0 Å². The molecule has 0 saturated carbocycles. The molecular formula is C12H20N2O2S. The lowest BCUT2D eigenvalue weighted by Crippen LogP contribution is -2.13. The van der Waals surface area contributed by atoms with E-state index in [1.165, 1.54) is 0 Å². The Morgan fingerprint density at radius 3 is 2.29 bits per heavy atom. The summed E-state index contributed by atoms with van der Waals surface area (Å²) in [6.07, 6.45) is 3.16. The van der Waals surface area contributed by atoms with E-state index in [4.69, 9.17) is 4.74 Å². The molecule has 1 heterocycles. The van der Waals surface area contributed by atoms with E-state index < -0.39 is 9.73 Å². The van der Waals surface area contributed by atoms with Crippen molar-refractivity contribution in [2.24, 2.45) is 4.36 Å². The Morgan fingerprint density at radius 1 is 1.29 bits per heavy atom. The van der Waals surface area contributed by atoms with Crippen LogP contribution in [0.5, 0.6) is 5.75 Å². The van der Waals surface area contributed by atoms with Gasteiger partial charge in [0.05, 0.1) is 7.11 Å². The minimum Gasteiger partial charge on any atom is -0.493 e. The first-order valence-corrected chi connectivity index (χ1v) is 7.69. The first kappa shape index (κ1) is 14.0. The average molecular weight is 256 g/mol. The molecule has 4 nitrogen and oxygen atoms in total. The fourth-order valence-corrected chi connectivity index (χ4v) is 1.83. The summed E-state index contributed by atoms with van der Waals surface area (Å²) in [5.74, 6) is 0.962. The standard InChI is InChI=1S/C12H20N2O2S/c1-12(2,3)10-8-7-9(16-4)11(13-10)14-17(5,6)15/h7-8H,1-6H3. The molecule has 0 aliphatic rings. The highest BCUT2D eigenvalue weighted by atomic mass is 32.2. The number of rotatable bonds is 2. The number of methoxy groups -OCH3 is 1. The number of aromatic nitrogens is 1. The highest BCUT2D eigenvalue weighted by Crippen LogP contribution is 2.30. The quantitative estimate of drug-likeness (QED) is 0.817. The maximum Gasteiger partial charge on any atom is 0.204 e. The maximum atomic E-state index is 11.7. The van der Waals surface area contributed by atoms with Crippen LogP contribution in [0.15, 0.2) is 16.5 Å². The summed E-state index contributed by atoms with van der Waals surface area (Å²) in [6, 6.07) is 3.72. The van der Waals surface area contributed by atoms with Gasteiger partial charge in [0.15, 0.2) is 5.75 Å². The van der Waals surface area contributed by atoms with Crippen molar-refractivity contribution in [2.75, 3.05) is 19.6 Å². The van der Waals surface area contributed by atoms with Crippen molar-refractivity contribution in [1.29, 1.82) is 0 Å². The van der Waals surface area contributed by atoms with Crippen LogP contribution in [0, 0.1) is 0 Å². The van der Waals surface area contributed by atoms with Gasteiger partial charge >= 0.3 is 0 Å². The van der Waals surface area contributed by atoms with Gasteiger partial charge in [0, 0.05) is 33.3 Å². The Kier molecular flexibility index (Phi) is 3.81. The van der Waals surface area contributed by atoms with Gasteiger partial charge in [-0.2, -0.15) is 4.36 Å². The first-order valence-electron chi connectivity index (χ1n) is 5.36. The van der Waals surface area contributed by atoms with Crippen molar-refractivity contribution in [3.8, 4) is 5.75 Å². The van der Waals surface area contributed by atoms with Crippen LogP contribution in [0.3, 0.4) is 0 Å². The van der Waals surface area contributed by atoms with E-state index in [1.807, 2.05) is 12.1 Å². The highest BCUT2D eigenvalue weighted by Gasteiger charge is 2.17. The summed E-state index contributed by atoms with van der Waals surface area (Å²) in [7, 11) is -0.684. The summed E-state index contributed by atoms with van der Waals surface area (Å²) >= 11 is 0. The van der Waals surface area contributed by atoms with Gasteiger partial charge in [0.2, 0.25) is 5.82 Å². The molecule has 0 amide bonds. The molecule has 0 unspecified atom stereocenters. The monoisotopic (exact) mass is 256 g/mol. The Hall–Kier alpha value is -1.10. The largest absolute Gasteiger partial charge is 0.493 e. The van der Waals surface area contributed by atoms with Gasteiger partial charge in [-0.1, -0.05) is 20.8 Å². The summed E-state index contributed by atoms with van der Waals surface area (Å²) in [5.41, 5.74) is 0.833. The molecule has 96 valence electrons. The molecule has 0 aliphatic carbocycles. The number of hydrogen-bond donors (Lipinski definition) is 0. The molecule has 17 heavy (non-hydrogen) atoms. The molecule has 0 aliphatic heterocycles. The fraction of sp³-hybridized carbons (Fsp3) is 0.583. The molecule has 0 spiro atoms. The van der Waals surface area contributed by atoms with E-state index in [0.717, 1.165) is 5.69 Å². The van der Waals surface area contributed by atoms with Crippen molar-refractivity contribution >= 4 is 15.5 Å². The SMILES string of the molecule is COc1ccc(C(C)(C)C)nc1N=S(C)(C)=O. The van der Waals surface area contributed by atoms with Crippen LogP contribution in [-0.4, -0.2) is 28.8 Å². The molecular weight excluding hydrogens is 236 g/mol. The second-order valence-corrected chi connectivity index (χ2v) is 7.79. The highest BCUT2D eigenvalue weighted by molar-refractivity contribution is 7.92. The molecule has 1 aromatic heterocycles. The number of ether oxygens (including phenoxy) is 1. The van der Waals surface area contributed by atoms with Crippen molar-refractivity contribution < 1.29 is 8.95 Å². The third-order valence-electron chi connectivity index (χ3n) is 2.13. The molecule has 1 aromatic rings. The minimum atomic E-state index is -2.24. The zero-order valence-electron chi connectivity index (χ0n) is 11.3. The molecule has 0 aromatic carbocycles. The van der Waals surface area contributed by atoms with Crippen LogP contribution in [0.25, 0.3) is 0 Å². The van der Waals surface area contributed by atoms with E-state index in [2.05, 4.69) is 30.1 Å². The lowest BCUT2D eigenvalue weighted by atomic mass is 9.92. The lowest BCUT2D eigenvalue weighted by Gasteiger charge is -2.18. The van der Waals surface area contributed by atoms with Crippen molar-refractivity contribution in [1.82, 2.24) is 4.98 Å². The second-order valence-electron chi connectivity index (χ2n) is 5.24. The number of nitrogens with zero attached hydrogens (tertiary/aromatic N) is 2. The van der Waals surface area contributed by atoms with Crippen LogP contribution in [0.1, 0.15) is 26.5 Å². The molecule has 0 bridgehead atoms. The normalized spacial score (nSPS) is 12.4.